The smallest absolute Gasteiger partial charge is 0.332 e. The molecule has 0 spiro atoms. The molecule has 0 saturated heterocycles. The molecule has 0 bridgehead atoms. The fourth-order valence-electron chi connectivity index (χ4n) is 3.91. The molecule has 29 heavy (non-hydrogen) atoms. The first-order chi connectivity index (χ1) is 13.7. The zero-order valence-corrected chi connectivity index (χ0v) is 17.0. The minimum absolute atomic E-state index is 0.253. The van der Waals surface area contributed by atoms with Gasteiger partial charge in [0.05, 0.1) is 0 Å². The third kappa shape index (κ3) is 2.93. The highest BCUT2D eigenvalue weighted by atomic mass is 16.2. The van der Waals surface area contributed by atoms with Crippen LogP contribution in [0.5, 0.6) is 0 Å². The maximum absolute atomic E-state index is 13.1. The predicted octanol–water partition coefficient (Wildman–Crippen LogP) is 0.787. The van der Waals surface area contributed by atoms with E-state index in [0.717, 1.165) is 16.8 Å². The molecule has 0 saturated carbocycles. The number of imidazole rings is 1. The molecule has 3 aromatic rings. The van der Waals surface area contributed by atoms with Crippen molar-refractivity contribution < 1.29 is 4.79 Å². The summed E-state index contributed by atoms with van der Waals surface area (Å²) < 4.78 is 4.02. The molecule has 9 nitrogen and oxygen atoms in total. The van der Waals surface area contributed by atoms with Gasteiger partial charge in [0.25, 0.3) is 5.56 Å². The molecule has 1 unspecified atom stereocenters. The van der Waals surface area contributed by atoms with Crippen molar-refractivity contribution in [1.82, 2.24) is 18.7 Å². The number of primary amides is 1. The quantitative estimate of drug-likeness (QED) is 0.704. The fourth-order valence-corrected chi connectivity index (χ4v) is 3.91. The van der Waals surface area contributed by atoms with Crippen molar-refractivity contribution in [1.29, 1.82) is 0 Å². The molecule has 1 aliphatic heterocycles. The molecule has 3 heterocycles. The summed E-state index contributed by atoms with van der Waals surface area (Å²) in [7, 11) is 1.55. The lowest BCUT2D eigenvalue weighted by atomic mass is 10.1. The molecule has 2 aromatic heterocycles. The van der Waals surface area contributed by atoms with Crippen LogP contribution >= 0.6 is 0 Å². The van der Waals surface area contributed by atoms with Gasteiger partial charge in [0.15, 0.2) is 11.2 Å². The molecule has 152 valence electrons. The number of nitrogens with two attached hydrogens (primary N) is 1. The second-order valence-electron chi connectivity index (χ2n) is 7.88. The van der Waals surface area contributed by atoms with Crippen LogP contribution in [-0.4, -0.2) is 31.1 Å². The lowest BCUT2D eigenvalue weighted by Gasteiger charge is -2.33. The first-order valence-corrected chi connectivity index (χ1v) is 9.52. The van der Waals surface area contributed by atoms with Gasteiger partial charge in [-0.3, -0.25) is 14.2 Å². The molecule has 0 radical (unpaired) electrons. The Balaban J connectivity index is 2.00. The van der Waals surface area contributed by atoms with Gasteiger partial charge < -0.3 is 15.2 Å². The van der Waals surface area contributed by atoms with Gasteiger partial charge in [-0.1, -0.05) is 13.0 Å². The molecule has 0 fully saturated rings. The number of benzene rings is 1. The molecule has 0 aliphatic carbocycles. The van der Waals surface area contributed by atoms with Crippen LogP contribution in [0.4, 0.5) is 11.6 Å². The Morgan fingerprint density at radius 3 is 2.59 bits per heavy atom. The van der Waals surface area contributed by atoms with Gasteiger partial charge in [-0.05, 0) is 43.0 Å². The van der Waals surface area contributed by atoms with Crippen LogP contribution in [0.25, 0.3) is 11.2 Å². The number of fused-ring (bicyclic) bond motifs is 3. The zero-order chi connectivity index (χ0) is 21.0. The summed E-state index contributed by atoms with van der Waals surface area (Å²) in [5.74, 6) is 0.125. The first-order valence-electron chi connectivity index (χ1n) is 9.52. The van der Waals surface area contributed by atoms with Crippen molar-refractivity contribution >= 4 is 28.7 Å². The Labute approximate surface area is 167 Å². The molecule has 1 atom stereocenters. The third-order valence-electron chi connectivity index (χ3n) is 5.56. The number of aromatic nitrogens is 4. The van der Waals surface area contributed by atoms with Crippen molar-refractivity contribution in [2.75, 3.05) is 11.4 Å². The fraction of sp³-hybridized carbons (Fsp3) is 0.400. The van der Waals surface area contributed by atoms with E-state index in [4.69, 9.17) is 5.73 Å². The predicted molar refractivity (Wildman–Crippen MR) is 111 cm³/mol. The minimum atomic E-state index is -0.743. The van der Waals surface area contributed by atoms with Gasteiger partial charge in [-0.25, -0.2) is 9.36 Å². The second kappa shape index (κ2) is 6.61. The van der Waals surface area contributed by atoms with E-state index in [0.29, 0.717) is 23.7 Å². The van der Waals surface area contributed by atoms with Gasteiger partial charge >= 0.3 is 5.69 Å². The van der Waals surface area contributed by atoms with Crippen LogP contribution < -0.4 is 21.9 Å². The first kappa shape index (κ1) is 19.0. The SMILES string of the molecule is Cc1ccc(N2CC(C)Cn3c2nc2c3c(=O)n(CC(N)=O)c(=O)n2C)cc1C. The van der Waals surface area contributed by atoms with E-state index in [9.17, 15) is 14.4 Å². The molecular weight excluding hydrogens is 372 g/mol. The van der Waals surface area contributed by atoms with Crippen LogP contribution in [0.2, 0.25) is 0 Å². The number of hydrogen-bond acceptors (Lipinski definition) is 5. The summed E-state index contributed by atoms with van der Waals surface area (Å²) in [4.78, 5) is 43.8. The Kier molecular flexibility index (Phi) is 4.33. The number of aryl methyl sites for hydroxylation is 3. The minimum Gasteiger partial charge on any atom is -0.368 e. The van der Waals surface area contributed by atoms with Gasteiger partial charge in [-0.15, -0.1) is 0 Å². The van der Waals surface area contributed by atoms with Crippen molar-refractivity contribution in [2.24, 2.45) is 18.7 Å². The Morgan fingerprint density at radius 1 is 1.21 bits per heavy atom. The largest absolute Gasteiger partial charge is 0.368 e. The van der Waals surface area contributed by atoms with Gasteiger partial charge in [0.2, 0.25) is 11.9 Å². The van der Waals surface area contributed by atoms with Crippen LogP contribution in [0.1, 0.15) is 18.1 Å². The maximum Gasteiger partial charge on any atom is 0.332 e. The van der Waals surface area contributed by atoms with Crippen LogP contribution in [0.15, 0.2) is 27.8 Å². The highest BCUT2D eigenvalue weighted by Crippen LogP contribution is 2.33. The van der Waals surface area contributed by atoms with E-state index in [-0.39, 0.29) is 5.92 Å². The summed E-state index contributed by atoms with van der Waals surface area (Å²) in [5, 5.41) is 0. The molecule has 9 heteroatoms. The number of anilines is 2. The summed E-state index contributed by atoms with van der Waals surface area (Å²) >= 11 is 0. The van der Waals surface area contributed by atoms with E-state index < -0.39 is 23.7 Å². The monoisotopic (exact) mass is 396 g/mol. The van der Waals surface area contributed by atoms with Gasteiger partial charge in [0, 0.05) is 25.8 Å². The van der Waals surface area contributed by atoms with Crippen molar-refractivity contribution in [3.63, 3.8) is 0 Å². The zero-order valence-electron chi connectivity index (χ0n) is 17.0. The number of nitrogens with zero attached hydrogens (tertiary/aromatic N) is 5. The average Bonchev–Trinajstić information content (AvgIpc) is 3.04. The van der Waals surface area contributed by atoms with Crippen LogP contribution in [-0.2, 0) is 24.9 Å². The molecule has 1 amide bonds. The Hall–Kier alpha value is -3.36. The number of carbonyl (C=O) groups is 1. The number of amides is 1. The average molecular weight is 396 g/mol. The lowest BCUT2D eigenvalue weighted by Crippen LogP contribution is -2.43. The highest BCUT2D eigenvalue weighted by Gasteiger charge is 2.30. The van der Waals surface area contributed by atoms with Crippen LogP contribution in [0.3, 0.4) is 0 Å². The van der Waals surface area contributed by atoms with Crippen molar-refractivity contribution in [3.8, 4) is 0 Å². The van der Waals surface area contributed by atoms with Crippen molar-refractivity contribution in [2.45, 2.75) is 33.9 Å². The van der Waals surface area contributed by atoms with Crippen LogP contribution in [0, 0.1) is 19.8 Å². The number of rotatable bonds is 3. The molecule has 1 aliphatic rings. The van der Waals surface area contributed by atoms with Gasteiger partial charge in [0.1, 0.15) is 6.54 Å². The summed E-state index contributed by atoms with van der Waals surface area (Å²) in [6.45, 7) is 7.10. The molecular formula is C20H24N6O3. The highest BCUT2D eigenvalue weighted by molar-refractivity contribution is 5.78. The molecule has 1 aromatic carbocycles. The van der Waals surface area contributed by atoms with E-state index >= 15 is 0 Å². The van der Waals surface area contributed by atoms with Gasteiger partial charge in [-0.2, -0.15) is 4.98 Å². The Morgan fingerprint density at radius 2 is 1.93 bits per heavy atom. The third-order valence-corrected chi connectivity index (χ3v) is 5.56. The van der Waals surface area contributed by atoms with E-state index in [1.807, 2.05) is 10.6 Å². The summed E-state index contributed by atoms with van der Waals surface area (Å²) in [5.41, 5.74) is 8.05. The van der Waals surface area contributed by atoms with Crippen molar-refractivity contribution in [3.05, 3.63) is 50.2 Å². The maximum atomic E-state index is 13.1. The van der Waals surface area contributed by atoms with E-state index in [2.05, 4.69) is 42.8 Å². The van der Waals surface area contributed by atoms with E-state index in [1.54, 1.807) is 7.05 Å². The summed E-state index contributed by atoms with van der Waals surface area (Å²) in [6, 6.07) is 6.20. The normalized spacial score (nSPS) is 16.3. The number of carbonyl (C=O) groups excluding carboxylic acids is 1. The Bertz CT molecular complexity index is 1270. The summed E-state index contributed by atoms with van der Waals surface area (Å²) in [6.07, 6.45) is 0. The number of hydrogen-bond donors (Lipinski definition) is 1. The second-order valence-corrected chi connectivity index (χ2v) is 7.88. The molecule has 2 N–H and O–H groups in total. The standard InChI is InChI=1S/C20H24N6O3/c1-11-8-24(14-6-5-12(2)13(3)7-14)19-22-17-16(25(19)9-11)18(28)26(10-15(21)27)20(29)23(17)4/h5-7,11H,8-10H2,1-4H3,(H2,21,27). The lowest BCUT2D eigenvalue weighted by molar-refractivity contribution is -0.118. The molecule has 4 rings (SSSR count). The topological polar surface area (TPSA) is 108 Å². The van der Waals surface area contributed by atoms with E-state index in [1.165, 1.54) is 15.7 Å².